The summed E-state index contributed by atoms with van der Waals surface area (Å²) in [5.41, 5.74) is 1.28. The Morgan fingerprint density at radius 1 is 1.28 bits per heavy atom. The first-order valence-corrected chi connectivity index (χ1v) is 11.4. The van der Waals surface area contributed by atoms with Crippen LogP contribution in [0.3, 0.4) is 0 Å². The zero-order valence-corrected chi connectivity index (χ0v) is 18.6. The molecule has 8 heteroatoms. The van der Waals surface area contributed by atoms with Gasteiger partial charge in [-0.3, -0.25) is 9.59 Å². The Morgan fingerprint density at radius 3 is 2.75 bits per heavy atom. The molecule has 0 radical (unpaired) electrons. The van der Waals surface area contributed by atoms with Gasteiger partial charge in [-0.2, -0.15) is 0 Å². The molecule has 3 N–H and O–H groups in total. The van der Waals surface area contributed by atoms with Gasteiger partial charge in [0.2, 0.25) is 11.8 Å². The molecule has 3 aliphatic rings. The summed E-state index contributed by atoms with van der Waals surface area (Å²) in [4.78, 5) is 27.9. The van der Waals surface area contributed by atoms with Gasteiger partial charge in [0.15, 0.2) is 0 Å². The molecule has 2 heterocycles. The number of para-hydroxylation sites is 1. The lowest BCUT2D eigenvalue weighted by Crippen LogP contribution is -2.57. The lowest BCUT2D eigenvalue weighted by atomic mass is 9.77. The molecule has 0 saturated carbocycles. The Hall–Kier alpha value is -2.42. The molecule has 4 rings (SSSR count). The van der Waals surface area contributed by atoms with Crippen LogP contribution in [0.4, 0.5) is 0 Å². The largest absolute Gasteiger partial charge is 0.486 e. The van der Waals surface area contributed by atoms with Gasteiger partial charge in [-0.05, 0) is 25.0 Å². The first-order chi connectivity index (χ1) is 15.4. The van der Waals surface area contributed by atoms with E-state index in [9.17, 15) is 14.7 Å². The molecule has 2 amide bonds. The normalized spacial score (nSPS) is 28.5. The zero-order chi connectivity index (χ0) is 22.8. The fraction of sp³-hybridized carbons (Fsp3) is 0.583. The highest BCUT2D eigenvalue weighted by Crippen LogP contribution is 2.47. The number of benzene rings is 1. The number of aliphatic hydroxyl groups is 2. The van der Waals surface area contributed by atoms with Crippen LogP contribution in [0.2, 0.25) is 0 Å². The first kappa shape index (κ1) is 22.8. The number of aliphatic hydroxyl groups excluding tert-OH is 2. The Morgan fingerprint density at radius 2 is 2.06 bits per heavy atom. The Kier molecular flexibility index (Phi) is 6.83. The minimum Gasteiger partial charge on any atom is -0.486 e. The molecule has 0 spiro atoms. The van der Waals surface area contributed by atoms with Crippen LogP contribution >= 0.6 is 0 Å². The Bertz CT molecular complexity index is 879. The number of fused-ring (bicyclic) bond motifs is 3. The van der Waals surface area contributed by atoms with Gasteiger partial charge >= 0.3 is 0 Å². The van der Waals surface area contributed by atoms with E-state index >= 15 is 0 Å². The van der Waals surface area contributed by atoms with Gasteiger partial charge in [-0.25, -0.2) is 0 Å². The van der Waals surface area contributed by atoms with Crippen LogP contribution in [-0.2, 0) is 14.3 Å². The average molecular weight is 445 g/mol. The van der Waals surface area contributed by atoms with Crippen LogP contribution in [0, 0.1) is 5.92 Å². The number of carbonyl (C=O) groups is 2. The predicted molar refractivity (Wildman–Crippen MR) is 117 cm³/mol. The fourth-order valence-electron chi connectivity index (χ4n) is 4.89. The fourth-order valence-corrected chi connectivity index (χ4v) is 4.89. The molecule has 0 unspecified atom stereocenters. The lowest BCUT2D eigenvalue weighted by Gasteiger charge is -2.42. The van der Waals surface area contributed by atoms with Crippen molar-refractivity contribution >= 4 is 11.8 Å². The maximum absolute atomic E-state index is 13.2. The summed E-state index contributed by atoms with van der Waals surface area (Å²) in [6, 6.07) is 6.71. The van der Waals surface area contributed by atoms with E-state index in [4.69, 9.17) is 14.6 Å². The maximum Gasteiger partial charge on any atom is 0.247 e. The van der Waals surface area contributed by atoms with Crippen molar-refractivity contribution in [1.82, 2.24) is 10.2 Å². The summed E-state index contributed by atoms with van der Waals surface area (Å²) in [6.45, 7) is 4.60. The third kappa shape index (κ3) is 4.27. The predicted octanol–water partition coefficient (Wildman–Crippen LogP) is 0.973. The summed E-state index contributed by atoms with van der Waals surface area (Å²) in [5, 5.41) is 23.3. The number of rotatable bonds is 7. The molecule has 1 fully saturated rings. The first-order valence-electron chi connectivity index (χ1n) is 11.4. The third-order valence-electron chi connectivity index (χ3n) is 6.44. The number of ether oxygens (including phenoxy) is 2. The van der Waals surface area contributed by atoms with Crippen molar-refractivity contribution in [2.75, 3.05) is 26.3 Å². The SMILES string of the molecule is CC(C)C(=O)N(C[C@H]1CCCO1)[C@@H]1C=C(C(=O)NCCO)[C@@H]2c3ccccc3O[C@@H]2[C@H]1O. The number of nitrogens with zero attached hydrogens (tertiary/aromatic N) is 1. The van der Waals surface area contributed by atoms with Crippen molar-refractivity contribution < 1.29 is 29.3 Å². The molecule has 1 saturated heterocycles. The standard InChI is InChI=1S/C24H32N2O6/c1-14(2)24(30)26(13-15-6-5-11-31-15)18-12-17(23(29)25-9-10-27)20-16-7-3-4-8-19(16)32-22(20)21(18)28/h3-4,7-8,12,14-15,18,20-22,27-28H,5-6,9-11,13H2,1-2H3,(H,25,29)/t15-,18-,20+,21+,22+/m1/s1. The second-order valence-electron chi connectivity index (χ2n) is 8.96. The van der Waals surface area contributed by atoms with Gasteiger partial charge in [0.1, 0.15) is 18.0 Å². The van der Waals surface area contributed by atoms with E-state index in [1.807, 2.05) is 38.1 Å². The lowest BCUT2D eigenvalue weighted by molar-refractivity contribution is -0.142. The Balaban J connectivity index is 1.73. The molecule has 5 atom stereocenters. The molecule has 0 aromatic heterocycles. The molecule has 8 nitrogen and oxygen atoms in total. The average Bonchev–Trinajstić information content (AvgIpc) is 3.44. The molecule has 32 heavy (non-hydrogen) atoms. The number of hydrogen-bond acceptors (Lipinski definition) is 6. The minimum absolute atomic E-state index is 0.0932. The number of nitrogens with one attached hydrogen (secondary N) is 1. The number of carbonyl (C=O) groups excluding carboxylic acids is 2. The summed E-state index contributed by atoms with van der Waals surface area (Å²) >= 11 is 0. The van der Waals surface area contributed by atoms with Crippen LogP contribution < -0.4 is 10.1 Å². The van der Waals surface area contributed by atoms with Crippen LogP contribution in [-0.4, -0.2) is 77.6 Å². The van der Waals surface area contributed by atoms with Gasteiger partial charge in [0.05, 0.1) is 24.7 Å². The van der Waals surface area contributed by atoms with E-state index in [0.29, 0.717) is 24.5 Å². The second-order valence-corrected chi connectivity index (χ2v) is 8.96. The van der Waals surface area contributed by atoms with Crippen LogP contribution in [0.1, 0.15) is 38.2 Å². The highest BCUT2D eigenvalue weighted by Gasteiger charge is 2.50. The molecule has 1 aromatic rings. The van der Waals surface area contributed by atoms with Crippen molar-refractivity contribution in [3.8, 4) is 5.75 Å². The van der Waals surface area contributed by atoms with E-state index in [2.05, 4.69) is 5.32 Å². The molecular formula is C24H32N2O6. The maximum atomic E-state index is 13.2. The van der Waals surface area contributed by atoms with Crippen molar-refractivity contribution in [3.05, 3.63) is 41.5 Å². The van der Waals surface area contributed by atoms with Crippen molar-refractivity contribution in [2.24, 2.45) is 5.92 Å². The quantitative estimate of drug-likeness (QED) is 0.579. The highest BCUT2D eigenvalue weighted by molar-refractivity contribution is 5.96. The Labute approximate surface area is 188 Å². The summed E-state index contributed by atoms with van der Waals surface area (Å²) in [7, 11) is 0. The second kappa shape index (κ2) is 9.60. The van der Waals surface area contributed by atoms with Crippen LogP contribution in [0.25, 0.3) is 0 Å². The van der Waals surface area contributed by atoms with Crippen molar-refractivity contribution in [3.63, 3.8) is 0 Å². The van der Waals surface area contributed by atoms with E-state index < -0.39 is 24.2 Å². The van der Waals surface area contributed by atoms with E-state index in [1.165, 1.54) is 0 Å². The van der Waals surface area contributed by atoms with E-state index in [-0.39, 0.29) is 37.0 Å². The minimum atomic E-state index is -1.01. The van der Waals surface area contributed by atoms with Crippen molar-refractivity contribution in [1.29, 1.82) is 0 Å². The summed E-state index contributed by atoms with van der Waals surface area (Å²) in [5.74, 6) is -0.535. The number of hydrogen-bond donors (Lipinski definition) is 3. The molecule has 174 valence electrons. The molecule has 2 aliphatic heterocycles. The molecular weight excluding hydrogens is 412 g/mol. The summed E-state index contributed by atoms with van der Waals surface area (Å²) < 4.78 is 11.9. The third-order valence-corrected chi connectivity index (χ3v) is 6.44. The number of amides is 2. The zero-order valence-electron chi connectivity index (χ0n) is 18.6. The summed E-state index contributed by atoms with van der Waals surface area (Å²) in [6.07, 6.45) is 1.71. The molecule has 1 aromatic carbocycles. The van der Waals surface area contributed by atoms with Crippen molar-refractivity contribution in [2.45, 2.75) is 57.0 Å². The van der Waals surface area contributed by atoms with Gasteiger partial charge in [-0.15, -0.1) is 0 Å². The van der Waals surface area contributed by atoms with Gasteiger partial charge in [0, 0.05) is 36.8 Å². The highest BCUT2D eigenvalue weighted by atomic mass is 16.5. The van der Waals surface area contributed by atoms with Gasteiger partial charge in [0.25, 0.3) is 0 Å². The molecule has 1 aliphatic carbocycles. The van der Waals surface area contributed by atoms with Crippen LogP contribution in [0.5, 0.6) is 5.75 Å². The van der Waals surface area contributed by atoms with Gasteiger partial charge < -0.3 is 29.9 Å². The molecule has 0 bridgehead atoms. The van der Waals surface area contributed by atoms with Crippen LogP contribution in [0.15, 0.2) is 35.9 Å². The van der Waals surface area contributed by atoms with E-state index in [1.54, 1.807) is 11.0 Å². The smallest absolute Gasteiger partial charge is 0.247 e. The van der Waals surface area contributed by atoms with Gasteiger partial charge in [-0.1, -0.05) is 32.0 Å². The topological polar surface area (TPSA) is 108 Å². The van der Waals surface area contributed by atoms with E-state index in [0.717, 1.165) is 18.4 Å². The monoisotopic (exact) mass is 444 g/mol.